The molecule has 106 valence electrons. The molecule has 1 fully saturated rings. The third-order valence-electron chi connectivity index (χ3n) is 4.70. The predicted molar refractivity (Wildman–Crippen MR) is 83.4 cm³/mol. The first-order valence-corrected chi connectivity index (χ1v) is 7.71. The zero-order valence-electron chi connectivity index (χ0n) is 13.0. The lowest BCUT2D eigenvalue weighted by Gasteiger charge is -2.25. The van der Waals surface area contributed by atoms with Gasteiger partial charge in [0.15, 0.2) is 0 Å². The first-order valence-electron chi connectivity index (χ1n) is 7.71. The second kappa shape index (κ2) is 5.28. The van der Waals surface area contributed by atoms with E-state index in [4.69, 9.17) is 5.73 Å². The van der Waals surface area contributed by atoms with E-state index in [1.165, 1.54) is 36.8 Å². The molecular weight excluding hydrogens is 230 g/mol. The zero-order valence-corrected chi connectivity index (χ0v) is 13.0. The van der Waals surface area contributed by atoms with E-state index < -0.39 is 0 Å². The molecule has 1 saturated carbocycles. The van der Waals surface area contributed by atoms with Crippen molar-refractivity contribution in [3.8, 4) is 0 Å². The Morgan fingerprint density at radius 1 is 1.21 bits per heavy atom. The summed E-state index contributed by atoms with van der Waals surface area (Å²) in [7, 11) is 0. The van der Waals surface area contributed by atoms with Gasteiger partial charge in [-0.15, -0.1) is 0 Å². The van der Waals surface area contributed by atoms with Crippen LogP contribution in [0.1, 0.15) is 64.5 Å². The van der Waals surface area contributed by atoms with Gasteiger partial charge in [-0.2, -0.15) is 0 Å². The van der Waals surface area contributed by atoms with Gasteiger partial charge in [-0.3, -0.25) is 0 Å². The van der Waals surface area contributed by atoms with Crippen LogP contribution in [0.5, 0.6) is 0 Å². The second-order valence-electron chi connectivity index (χ2n) is 7.50. The van der Waals surface area contributed by atoms with Crippen molar-refractivity contribution in [3.63, 3.8) is 0 Å². The van der Waals surface area contributed by atoms with Gasteiger partial charge in [0.25, 0.3) is 0 Å². The molecule has 0 heterocycles. The highest BCUT2D eigenvalue weighted by Gasteiger charge is 2.34. The summed E-state index contributed by atoms with van der Waals surface area (Å²) in [4.78, 5) is 0. The molecule has 19 heavy (non-hydrogen) atoms. The van der Waals surface area contributed by atoms with E-state index in [0.717, 1.165) is 12.3 Å². The van der Waals surface area contributed by atoms with Crippen LogP contribution in [0.25, 0.3) is 0 Å². The largest absolute Gasteiger partial charge is 0.325 e. The first kappa shape index (κ1) is 14.6. The van der Waals surface area contributed by atoms with Gasteiger partial charge in [0.05, 0.1) is 0 Å². The summed E-state index contributed by atoms with van der Waals surface area (Å²) in [6, 6.07) is 9.08. The lowest BCUT2D eigenvalue weighted by atomic mass is 9.84. The lowest BCUT2D eigenvalue weighted by molar-refractivity contribution is 0.407. The van der Waals surface area contributed by atoms with Crippen LogP contribution in [-0.4, -0.2) is 5.54 Å². The quantitative estimate of drug-likeness (QED) is 0.853. The van der Waals surface area contributed by atoms with Crippen molar-refractivity contribution in [1.29, 1.82) is 0 Å². The Morgan fingerprint density at radius 3 is 2.32 bits per heavy atom. The standard InChI is InChI=1S/C18H29N/c1-5-14-10-11-18(19,12-14)13-15-6-8-16(9-7-15)17(2,3)4/h6-9,14H,5,10-13,19H2,1-4H3. The van der Waals surface area contributed by atoms with Crippen molar-refractivity contribution >= 4 is 0 Å². The summed E-state index contributed by atoms with van der Waals surface area (Å²) < 4.78 is 0. The molecule has 0 amide bonds. The van der Waals surface area contributed by atoms with E-state index in [1.807, 2.05) is 0 Å². The molecule has 1 heteroatoms. The average molecular weight is 259 g/mol. The molecule has 2 unspecified atom stereocenters. The Morgan fingerprint density at radius 2 is 1.84 bits per heavy atom. The molecule has 2 atom stereocenters. The third kappa shape index (κ3) is 3.60. The van der Waals surface area contributed by atoms with Crippen LogP contribution in [0.2, 0.25) is 0 Å². The highest BCUT2D eigenvalue weighted by molar-refractivity contribution is 5.28. The zero-order chi connectivity index (χ0) is 14.1. The number of hydrogen-bond acceptors (Lipinski definition) is 1. The fourth-order valence-electron chi connectivity index (χ4n) is 3.31. The summed E-state index contributed by atoms with van der Waals surface area (Å²) in [5, 5.41) is 0. The first-order chi connectivity index (χ1) is 8.82. The molecule has 1 nitrogen and oxygen atoms in total. The average Bonchev–Trinajstić information content (AvgIpc) is 2.70. The van der Waals surface area contributed by atoms with Crippen LogP contribution in [0, 0.1) is 5.92 Å². The number of benzene rings is 1. The molecule has 0 aromatic heterocycles. The van der Waals surface area contributed by atoms with E-state index >= 15 is 0 Å². The molecule has 1 aliphatic rings. The van der Waals surface area contributed by atoms with Crippen molar-refractivity contribution in [3.05, 3.63) is 35.4 Å². The van der Waals surface area contributed by atoms with Crippen molar-refractivity contribution in [2.45, 2.75) is 70.8 Å². The molecule has 2 N–H and O–H groups in total. The monoisotopic (exact) mass is 259 g/mol. The van der Waals surface area contributed by atoms with Gasteiger partial charge in [-0.25, -0.2) is 0 Å². The summed E-state index contributed by atoms with van der Waals surface area (Å²) in [6.07, 6.45) is 6.01. The molecule has 0 aliphatic heterocycles. The minimum absolute atomic E-state index is 0.0456. The van der Waals surface area contributed by atoms with Gasteiger partial charge in [0, 0.05) is 5.54 Å². The van der Waals surface area contributed by atoms with Crippen LogP contribution < -0.4 is 5.73 Å². The molecule has 1 aromatic rings. The van der Waals surface area contributed by atoms with Crippen molar-refractivity contribution in [2.24, 2.45) is 11.7 Å². The SMILES string of the molecule is CCC1CCC(N)(Cc2ccc(C(C)(C)C)cc2)C1. The Labute approximate surface area is 118 Å². The minimum atomic E-state index is 0.0456. The fraction of sp³-hybridized carbons (Fsp3) is 0.667. The van der Waals surface area contributed by atoms with Gasteiger partial charge in [-0.1, -0.05) is 58.4 Å². The van der Waals surface area contributed by atoms with Gasteiger partial charge in [-0.05, 0) is 48.1 Å². The van der Waals surface area contributed by atoms with Crippen molar-refractivity contribution < 1.29 is 0 Å². The molecule has 0 bridgehead atoms. The smallest absolute Gasteiger partial charge is 0.0197 e. The van der Waals surface area contributed by atoms with Crippen molar-refractivity contribution in [1.82, 2.24) is 0 Å². The van der Waals surface area contributed by atoms with Crippen LogP contribution in [0.15, 0.2) is 24.3 Å². The highest BCUT2D eigenvalue weighted by Crippen LogP contribution is 2.37. The van der Waals surface area contributed by atoms with Crippen molar-refractivity contribution in [2.75, 3.05) is 0 Å². The van der Waals surface area contributed by atoms with Crippen LogP contribution in [-0.2, 0) is 11.8 Å². The van der Waals surface area contributed by atoms with Gasteiger partial charge in [0.1, 0.15) is 0 Å². The van der Waals surface area contributed by atoms with E-state index in [1.54, 1.807) is 0 Å². The molecule has 1 aromatic carbocycles. The summed E-state index contributed by atoms with van der Waals surface area (Å²) in [6.45, 7) is 9.06. The van der Waals surface area contributed by atoms with E-state index in [9.17, 15) is 0 Å². The molecule has 2 rings (SSSR count). The maximum atomic E-state index is 6.58. The second-order valence-corrected chi connectivity index (χ2v) is 7.50. The van der Waals surface area contributed by atoms with Gasteiger partial charge >= 0.3 is 0 Å². The van der Waals surface area contributed by atoms with Gasteiger partial charge < -0.3 is 5.73 Å². The van der Waals surface area contributed by atoms with Crippen LogP contribution >= 0.6 is 0 Å². The van der Waals surface area contributed by atoms with E-state index in [2.05, 4.69) is 52.0 Å². The molecular formula is C18H29N. The molecule has 1 aliphatic carbocycles. The molecule has 0 saturated heterocycles. The Hall–Kier alpha value is -0.820. The molecule has 0 radical (unpaired) electrons. The predicted octanol–water partition coefficient (Wildman–Crippen LogP) is 4.43. The number of nitrogens with two attached hydrogens (primary N) is 1. The topological polar surface area (TPSA) is 26.0 Å². The maximum absolute atomic E-state index is 6.58. The summed E-state index contributed by atoms with van der Waals surface area (Å²) >= 11 is 0. The summed E-state index contributed by atoms with van der Waals surface area (Å²) in [5.74, 6) is 0.846. The molecule has 0 spiro atoms. The van der Waals surface area contributed by atoms with Crippen LogP contribution in [0.4, 0.5) is 0 Å². The maximum Gasteiger partial charge on any atom is 0.0197 e. The Bertz CT molecular complexity index is 412. The van der Waals surface area contributed by atoms with Gasteiger partial charge in [0.2, 0.25) is 0 Å². The number of rotatable bonds is 3. The van der Waals surface area contributed by atoms with E-state index in [0.29, 0.717) is 0 Å². The minimum Gasteiger partial charge on any atom is -0.325 e. The van der Waals surface area contributed by atoms with Crippen LogP contribution in [0.3, 0.4) is 0 Å². The fourth-order valence-corrected chi connectivity index (χ4v) is 3.31. The highest BCUT2D eigenvalue weighted by atomic mass is 14.8. The number of hydrogen-bond donors (Lipinski definition) is 1. The Balaban J connectivity index is 2.04. The lowest BCUT2D eigenvalue weighted by Crippen LogP contribution is -2.39. The normalized spacial score (nSPS) is 27.7. The third-order valence-corrected chi connectivity index (χ3v) is 4.70. The summed E-state index contributed by atoms with van der Waals surface area (Å²) in [5.41, 5.74) is 9.66. The Kier molecular flexibility index (Phi) is 4.06. The van der Waals surface area contributed by atoms with E-state index in [-0.39, 0.29) is 11.0 Å².